The maximum absolute atomic E-state index is 12.9. The fourth-order valence-electron chi connectivity index (χ4n) is 3.62. The Bertz CT molecular complexity index is 1660. The summed E-state index contributed by atoms with van der Waals surface area (Å²) in [6.45, 7) is 0.847. The minimum Gasteiger partial charge on any atom is -0.493 e. The lowest BCUT2D eigenvalue weighted by Crippen LogP contribution is -2.36. The van der Waals surface area contributed by atoms with Gasteiger partial charge < -0.3 is 19.6 Å². The quantitative estimate of drug-likeness (QED) is 0.257. The minimum atomic E-state index is -4.35. The van der Waals surface area contributed by atoms with Crippen LogP contribution in [0.2, 0.25) is 5.02 Å². The van der Waals surface area contributed by atoms with Crippen LogP contribution in [0.5, 0.6) is 11.5 Å². The van der Waals surface area contributed by atoms with E-state index in [1.165, 1.54) is 56.5 Å². The lowest BCUT2D eigenvalue weighted by molar-refractivity contribution is -0.127. The lowest BCUT2D eigenvalue weighted by atomic mass is 10.2. The second kappa shape index (κ2) is 12.5. The number of methoxy groups -OCH3 is 1. The van der Waals surface area contributed by atoms with Crippen LogP contribution < -0.4 is 19.6 Å². The van der Waals surface area contributed by atoms with Crippen LogP contribution in [0.1, 0.15) is 12.5 Å². The molecule has 41 heavy (non-hydrogen) atoms. The Morgan fingerprint density at radius 1 is 1.00 bits per heavy atom. The monoisotopic (exact) mass is 615 g/mol. The van der Waals surface area contributed by atoms with Crippen LogP contribution in [0.15, 0.2) is 76.5 Å². The summed E-state index contributed by atoms with van der Waals surface area (Å²) in [5.74, 6) is -1.88. The number of hydrogen-bond acceptors (Lipinski definition) is 9. The topological polar surface area (TPSA) is 148 Å². The van der Waals surface area contributed by atoms with Gasteiger partial charge in [0.15, 0.2) is 5.75 Å². The largest absolute Gasteiger partial charge is 0.493 e. The molecule has 0 aliphatic carbocycles. The van der Waals surface area contributed by atoms with Crippen molar-refractivity contribution in [3.05, 3.63) is 82.2 Å². The Morgan fingerprint density at radius 2 is 1.66 bits per heavy atom. The summed E-state index contributed by atoms with van der Waals surface area (Å²) >= 11 is 6.99. The van der Waals surface area contributed by atoms with Crippen molar-refractivity contribution in [2.24, 2.45) is 0 Å². The van der Waals surface area contributed by atoms with Crippen molar-refractivity contribution < 1.29 is 36.5 Å². The molecule has 1 saturated heterocycles. The molecule has 212 valence electrons. The fourth-order valence-corrected chi connectivity index (χ4v) is 5.72. The van der Waals surface area contributed by atoms with Gasteiger partial charge in [0.05, 0.1) is 17.0 Å². The molecule has 1 aliphatic rings. The Labute approximate surface area is 244 Å². The molecule has 1 fully saturated rings. The van der Waals surface area contributed by atoms with E-state index >= 15 is 0 Å². The van der Waals surface area contributed by atoms with Gasteiger partial charge in [-0.1, -0.05) is 29.8 Å². The van der Waals surface area contributed by atoms with Gasteiger partial charge in [-0.25, -0.2) is 0 Å². The standard InChI is InChI=1S/C27H22ClN3O8S2/c1-16(32)29-19-8-10-20(11-9-19)41(36,37)39-25-21(28)12-17(13-22(25)38-2)14-23-26(34)31(27(35)40-23)15-24(33)30-18-6-4-3-5-7-18/h3-14H,15H2,1-2H3,(H,29,32)(H,30,33)/b23-14-. The number of carbonyl (C=O) groups excluding carboxylic acids is 4. The molecule has 3 aromatic rings. The minimum absolute atomic E-state index is 0.0289. The second-order valence-electron chi connectivity index (χ2n) is 8.46. The summed E-state index contributed by atoms with van der Waals surface area (Å²) in [5, 5.41) is 4.38. The van der Waals surface area contributed by atoms with E-state index in [1.54, 1.807) is 30.3 Å². The van der Waals surface area contributed by atoms with E-state index in [1.807, 2.05) is 0 Å². The van der Waals surface area contributed by atoms with Crippen molar-refractivity contribution in [2.75, 3.05) is 24.3 Å². The summed E-state index contributed by atoms with van der Waals surface area (Å²) < 4.78 is 36.3. The molecule has 0 bridgehead atoms. The van der Waals surface area contributed by atoms with Crippen LogP contribution in [0, 0.1) is 0 Å². The molecule has 3 aromatic carbocycles. The normalized spacial score (nSPS) is 14.2. The molecule has 4 amide bonds. The number of hydrogen-bond donors (Lipinski definition) is 2. The SMILES string of the molecule is COc1cc(/C=C2\SC(=O)N(CC(=O)Nc3ccccc3)C2=O)cc(Cl)c1OS(=O)(=O)c1ccc(NC(C)=O)cc1. The molecule has 1 heterocycles. The van der Waals surface area contributed by atoms with Crippen molar-refractivity contribution in [3.63, 3.8) is 0 Å². The van der Waals surface area contributed by atoms with Gasteiger partial charge >= 0.3 is 10.1 Å². The average molecular weight is 616 g/mol. The van der Waals surface area contributed by atoms with Crippen LogP contribution in [-0.2, 0) is 24.5 Å². The van der Waals surface area contributed by atoms with Gasteiger partial charge in [-0.3, -0.25) is 24.1 Å². The van der Waals surface area contributed by atoms with Gasteiger partial charge in [-0.05, 0) is 71.9 Å². The number of amides is 4. The predicted octanol–water partition coefficient (Wildman–Crippen LogP) is 4.75. The third-order valence-electron chi connectivity index (χ3n) is 5.44. The molecular formula is C27H22ClN3O8S2. The van der Waals surface area contributed by atoms with E-state index in [-0.39, 0.29) is 32.2 Å². The molecule has 4 rings (SSSR count). The van der Waals surface area contributed by atoms with Crippen molar-refractivity contribution >= 4 is 73.9 Å². The third-order valence-corrected chi connectivity index (χ3v) is 7.86. The lowest BCUT2D eigenvalue weighted by Gasteiger charge is -2.14. The number of anilines is 2. The summed E-state index contributed by atoms with van der Waals surface area (Å²) in [6, 6.07) is 16.6. The van der Waals surface area contributed by atoms with Crippen LogP contribution in [-0.4, -0.2) is 49.9 Å². The number of para-hydroxylation sites is 1. The van der Waals surface area contributed by atoms with Crippen LogP contribution >= 0.6 is 23.4 Å². The van der Waals surface area contributed by atoms with Gasteiger partial charge in [0.2, 0.25) is 17.6 Å². The Balaban J connectivity index is 1.51. The number of nitrogens with one attached hydrogen (secondary N) is 2. The van der Waals surface area contributed by atoms with Crippen molar-refractivity contribution in [2.45, 2.75) is 11.8 Å². The highest BCUT2D eigenvalue weighted by Crippen LogP contribution is 2.40. The zero-order valence-electron chi connectivity index (χ0n) is 21.5. The summed E-state index contributed by atoms with van der Waals surface area (Å²) in [4.78, 5) is 49.6. The molecule has 0 aromatic heterocycles. The number of benzene rings is 3. The zero-order valence-corrected chi connectivity index (χ0v) is 23.9. The molecule has 14 heteroatoms. The predicted molar refractivity (Wildman–Crippen MR) is 154 cm³/mol. The van der Waals surface area contributed by atoms with E-state index in [0.29, 0.717) is 28.7 Å². The van der Waals surface area contributed by atoms with Gasteiger partial charge in [-0.15, -0.1) is 0 Å². The molecule has 2 N–H and O–H groups in total. The van der Waals surface area contributed by atoms with E-state index in [0.717, 1.165) is 4.90 Å². The van der Waals surface area contributed by atoms with Gasteiger partial charge in [-0.2, -0.15) is 8.42 Å². The summed E-state index contributed by atoms with van der Waals surface area (Å²) in [7, 11) is -3.07. The number of thioether (sulfide) groups is 1. The molecule has 0 spiro atoms. The molecule has 0 unspecified atom stereocenters. The Hall–Kier alpha value is -4.33. The van der Waals surface area contributed by atoms with Crippen molar-refractivity contribution in [1.29, 1.82) is 0 Å². The molecular weight excluding hydrogens is 594 g/mol. The first-order valence-electron chi connectivity index (χ1n) is 11.8. The smallest absolute Gasteiger partial charge is 0.339 e. The number of halogens is 1. The fraction of sp³-hybridized carbons (Fsp3) is 0.111. The highest BCUT2D eigenvalue weighted by atomic mass is 35.5. The highest BCUT2D eigenvalue weighted by molar-refractivity contribution is 8.18. The maximum atomic E-state index is 12.9. The molecule has 1 aliphatic heterocycles. The average Bonchev–Trinajstić information content (AvgIpc) is 3.17. The van der Waals surface area contributed by atoms with Crippen LogP contribution in [0.25, 0.3) is 6.08 Å². The summed E-state index contributed by atoms with van der Waals surface area (Å²) in [5.41, 5.74) is 1.24. The first kappa shape index (κ1) is 29.6. The van der Waals surface area contributed by atoms with Gasteiger partial charge in [0.1, 0.15) is 11.4 Å². The number of imide groups is 1. The molecule has 0 atom stereocenters. The Morgan fingerprint density at radius 3 is 2.29 bits per heavy atom. The molecule has 11 nitrogen and oxygen atoms in total. The van der Waals surface area contributed by atoms with E-state index < -0.39 is 33.7 Å². The molecule has 0 saturated carbocycles. The highest BCUT2D eigenvalue weighted by Gasteiger charge is 2.36. The first-order valence-corrected chi connectivity index (χ1v) is 14.4. The van der Waals surface area contributed by atoms with Gasteiger partial charge in [0, 0.05) is 18.3 Å². The summed E-state index contributed by atoms with van der Waals surface area (Å²) in [6.07, 6.45) is 1.37. The second-order valence-corrected chi connectivity index (χ2v) is 11.4. The van der Waals surface area contributed by atoms with Crippen molar-refractivity contribution in [3.8, 4) is 11.5 Å². The van der Waals surface area contributed by atoms with Crippen LogP contribution in [0.3, 0.4) is 0 Å². The number of ether oxygens (including phenoxy) is 1. The van der Waals surface area contributed by atoms with Crippen LogP contribution in [0.4, 0.5) is 16.2 Å². The Kier molecular flexibility index (Phi) is 9.01. The molecule has 0 radical (unpaired) electrons. The number of carbonyl (C=O) groups is 4. The van der Waals surface area contributed by atoms with Crippen molar-refractivity contribution in [1.82, 2.24) is 4.90 Å². The van der Waals surface area contributed by atoms with E-state index in [4.69, 9.17) is 20.5 Å². The van der Waals surface area contributed by atoms with E-state index in [2.05, 4.69) is 10.6 Å². The van der Waals surface area contributed by atoms with E-state index in [9.17, 15) is 27.6 Å². The third kappa shape index (κ3) is 7.25. The number of rotatable bonds is 9. The maximum Gasteiger partial charge on any atom is 0.339 e. The number of nitrogens with zero attached hydrogens (tertiary/aromatic N) is 1. The zero-order chi connectivity index (χ0) is 29.7. The first-order chi connectivity index (χ1) is 19.5. The van der Waals surface area contributed by atoms with Gasteiger partial charge in [0.25, 0.3) is 11.1 Å².